The minimum absolute atomic E-state index is 0.105. The number of hydrogen-bond acceptors (Lipinski definition) is 1. The maximum Gasteiger partial charge on any atom is 0.416 e. The summed E-state index contributed by atoms with van der Waals surface area (Å²) in [5.74, 6) is 0. The van der Waals surface area contributed by atoms with Crippen molar-refractivity contribution in [2.45, 2.75) is 26.1 Å². The standard InChI is InChI=1S/C16H16F3N/c1-10-6-5-8-12(11(10)2)15(20)13-7-3-4-9-14(13)16(17,18)19/h3-9,15H,20H2,1-2H3. The van der Waals surface area contributed by atoms with Crippen LogP contribution in [0.3, 0.4) is 0 Å². The Labute approximate surface area is 116 Å². The van der Waals surface area contributed by atoms with Crippen LogP contribution < -0.4 is 5.73 Å². The predicted octanol–water partition coefficient (Wildman–Crippen LogP) is 4.37. The van der Waals surface area contributed by atoms with Crippen molar-refractivity contribution >= 4 is 0 Å². The van der Waals surface area contributed by atoms with Gasteiger partial charge in [0.15, 0.2) is 0 Å². The Morgan fingerprint density at radius 1 is 0.900 bits per heavy atom. The second kappa shape index (κ2) is 5.29. The molecule has 0 aliphatic carbocycles. The van der Waals surface area contributed by atoms with Crippen molar-refractivity contribution in [1.29, 1.82) is 0 Å². The van der Waals surface area contributed by atoms with Crippen molar-refractivity contribution in [2.75, 3.05) is 0 Å². The van der Waals surface area contributed by atoms with Crippen molar-refractivity contribution in [3.8, 4) is 0 Å². The molecule has 0 amide bonds. The topological polar surface area (TPSA) is 26.0 Å². The van der Waals surface area contributed by atoms with Crippen LogP contribution in [-0.2, 0) is 6.18 Å². The van der Waals surface area contributed by atoms with Crippen LogP contribution in [0.5, 0.6) is 0 Å². The predicted molar refractivity (Wildman–Crippen MR) is 73.4 cm³/mol. The fraction of sp³-hybridized carbons (Fsp3) is 0.250. The van der Waals surface area contributed by atoms with E-state index < -0.39 is 17.8 Å². The van der Waals surface area contributed by atoms with E-state index in [4.69, 9.17) is 5.73 Å². The van der Waals surface area contributed by atoms with E-state index in [-0.39, 0.29) is 5.56 Å². The Balaban J connectivity index is 2.55. The van der Waals surface area contributed by atoms with E-state index in [0.29, 0.717) is 0 Å². The van der Waals surface area contributed by atoms with Gasteiger partial charge in [0, 0.05) is 0 Å². The van der Waals surface area contributed by atoms with Gasteiger partial charge in [-0.3, -0.25) is 0 Å². The van der Waals surface area contributed by atoms with Gasteiger partial charge in [-0.05, 0) is 42.2 Å². The highest BCUT2D eigenvalue weighted by molar-refractivity contribution is 5.43. The smallest absolute Gasteiger partial charge is 0.320 e. The molecular formula is C16H16F3N. The zero-order chi connectivity index (χ0) is 14.9. The molecular weight excluding hydrogens is 263 g/mol. The molecule has 0 radical (unpaired) electrons. The Bertz CT molecular complexity index is 617. The van der Waals surface area contributed by atoms with Crippen LogP contribution in [0, 0.1) is 13.8 Å². The van der Waals surface area contributed by atoms with E-state index in [9.17, 15) is 13.2 Å². The van der Waals surface area contributed by atoms with Crippen LogP contribution in [0.2, 0.25) is 0 Å². The van der Waals surface area contributed by atoms with E-state index in [1.165, 1.54) is 12.1 Å². The zero-order valence-electron chi connectivity index (χ0n) is 11.3. The fourth-order valence-corrected chi connectivity index (χ4v) is 2.30. The zero-order valence-corrected chi connectivity index (χ0v) is 11.3. The largest absolute Gasteiger partial charge is 0.416 e. The molecule has 0 bridgehead atoms. The van der Waals surface area contributed by atoms with Crippen molar-refractivity contribution < 1.29 is 13.2 Å². The lowest BCUT2D eigenvalue weighted by Gasteiger charge is -2.20. The second-order valence-corrected chi connectivity index (χ2v) is 4.85. The first-order chi connectivity index (χ1) is 9.32. The number of halogens is 3. The molecule has 0 fully saturated rings. The number of alkyl halides is 3. The highest BCUT2D eigenvalue weighted by atomic mass is 19.4. The lowest BCUT2D eigenvalue weighted by atomic mass is 9.90. The molecule has 2 aromatic rings. The molecule has 0 saturated heterocycles. The van der Waals surface area contributed by atoms with Gasteiger partial charge in [0.25, 0.3) is 0 Å². The van der Waals surface area contributed by atoms with Crippen LogP contribution in [0.15, 0.2) is 42.5 Å². The lowest BCUT2D eigenvalue weighted by molar-refractivity contribution is -0.138. The normalized spacial score (nSPS) is 13.3. The van der Waals surface area contributed by atoms with E-state index in [2.05, 4.69) is 0 Å². The summed E-state index contributed by atoms with van der Waals surface area (Å²) in [6.07, 6.45) is -4.40. The Hall–Kier alpha value is -1.81. The highest BCUT2D eigenvalue weighted by Gasteiger charge is 2.34. The first-order valence-corrected chi connectivity index (χ1v) is 6.30. The molecule has 2 aromatic carbocycles. The van der Waals surface area contributed by atoms with Crippen molar-refractivity contribution in [3.63, 3.8) is 0 Å². The Morgan fingerprint density at radius 2 is 1.50 bits per heavy atom. The average Bonchev–Trinajstić information content (AvgIpc) is 2.40. The minimum Gasteiger partial charge on any atom is -0.320 e. The Morgan fingerprint density at radius 3 is 2.15 bits per heavy atom. The molecule has 106 valence electrons. The summed E-state index contributed by atoms with van der Waals surface area (Å²) in [6, 6.07) is 10.2. The van der Waals surface area contributed by atoms with Crippen LogP contribution >= 0.6 is 0 Å². The molecule has 0 aliphatic heterocycles. The van der Waals surface area contributed by atoms with E-state index in [0.717, 1.165) is 22.8 Å². The molecule has 0 aliphatic rings. The van der Waals surface area contributed by atoms with Gasteiger partial charge in [0.2, 0.25) is 0 Å². The van der Waals surface area contributed by atoms with Crippen molar-refractivity contribution in [2.24, 2.45) is 5.73 Å². The molecule has 0 aromatic heterocycles. The molecule has 1 nitrogen and oxygen atoms in total. The van der Waals surface area contributed by atoms with Gasteiger partial charge in [-0.2, -0.15) is 13.2 Å². The summed E-state index contributed by atoms with van der Waals surface area (Å²) in [4.78, 5) is 0. The van der Waals surface area contributed by atoms with Gasteiger partial charge in [-0.25, -0.2) is 0 Å². The average molecular weight is 279 g/mol. The first-order valence-electron chi connectivity index (χ1n) is 6.30. The number of benzene rings is 2. The van der Waals surface area contributed by atoms with Gasteiger partial charge in [0.1, 0.15) is 0 Å². The molecule has 20 heavy (non-hydrogen) atoms. The number of hydrogen-bond donors (Lipinski definition) is 1. The molecule has 0 spiro atoms. The maximum atomic E-state index is 13.0. The summed E-state index contributed by atoms with van der Waals surface area (Å²) in [7, 11) is 0. The summed E-state index contributed by atoms with van der Waals surface area (Å²) < 4.78 is 39.1. The van der Waals surface area contributed by atoms with Crippen molar-refractivity contribution in [1.82, 2.24) is 0 Å². The summed E-state index contributed by atoms with van der Waals surface area (Å²) >= 11 is 0. The van der Waals surface area contributed by atoms with E-state index in [1.807, 2.05) is 26.0 Å². The first kappa shape index (κ1) is 14.6. The fourth-order valence-electron chi connectivity index (χ4n) is 2.30. The molecule has 0 saturated carbocycles. The van der Waals surface area contributed by atoms with Crippen LogP contribution in [0.1, 0.15) is 33.9 Å². The Kier molecular flexibility index (Phi) is 3.86. The van der Waals surface area contributed by atoms with Crippen molar-refractivity contribution in [3.05, 3.63) is 70.3 Å². The summed E-state index contributed by atoms with van der Waals surface area (Å²) in [5.41, 5.74) is 8.18. The SMILES string of the molecule is Cc1cccc(C(N)c2ccccc2C(F)(F)F)c1C. The van der Waals surface area contributed by atoms with Gasteiger partial charge < -0.3 is 5.73 Å². The van der Waals surface area contributed by atoms with Gasteiger partial charge in [-0.1, -0.05) is 36.4 Å². The van der Waals surface area contributed by atoms with Crippen LogP contribution in [0.25, 0.3) is 0 Å². The van der Waals surface area contributed by atoms with E-state index in [1.54, 1.807) is 12.1 Å². The second-order valence-electron chi connectivity index (χ2n) is 4.85. The molecule has 2 N–H and O–H groups in total. The number of aryl methyl sites for hydroxylation is 1. The number of nitrogens with two attached hydrogens (primary N) is 1. The number of rotatable bonds is 2. The third-order valence-corrected chi connectivity index (χ3v) is 3.58. The summed E-state index contributed by atoms with van der Waals surface area (Å²) in [5, 5.41) is 0. The molecule has 1 atom stereocenters. The highest BCUT2D eigenvalue weighted by Crippen LogP contribution is 2.36. The molecule has 0 heterocycles. The van der Waals surface area contributed by atoms with Crippen LogP contribution in [-0.4, -0.2) is 0 Å². The lowest BCUT2D eigenvalue weighted by Crippen LogP contribution is -2.19. The minimum atomic E-state index is -4.40. The van der Waals surface area contributed by atoms with E-state index >= 15 is 0 Å². The van der Waals surface area contributed by atoms with Gasteiger partial charge in [-0.15, -0.1) is 0 Å². The van der Waals surface area contributed by atoms with Crippen LogP contribution in [0.4, 0.5) is 13.2 Å². The van der Waals surface area contributed by atoms with Gasteiger partial charge >= 0.3 is 6.18 Å². The van der Waals surface area contributed by atoms with Gasteiger partial charge in [0.05, 0.1) is 11.6 Å². The quantitative estimate of drug-likeness (QED) is 0.868. The summed E-state index contributed by atoms with van der Waals surface area (Å²) in [6.45, 7) is 3.79. The molecule has 4 heteroatoms. The monoisotopic (exact) mass is 279 g/mol. The molecule has 2 rings (SSSR count). The third kappa shape index (κ3) is 2.70. The maximum absolute atomic E-state index is 13.0. The third-order valence-electron chi connectivity index (χ3n) is 3.58. The molecule has 1 unspecified atom stereocenters.